The van der Waals surface area contributed by atoms with Gasteiger partial charge in [-0.2, -0.15) is 0 Å². The second-order valence-electron chi connectivity index (χ2n) is 7.66. The molecule has 1 N–H and O–H groups in total. The molecule has 3 rings (SSSR count). The largest absolute Gasteiger partial charge is 0.369 e. The van der Waals surface area contributed by atoms with E-state index >= 15 is 0 Å². The summed E-state index contributed by atoms with van der Waals surface area (Å²) >= 11 is 0. The van der Waals surface area contributed by atoms with Gasteiger partial charge < -0.3 is 14.8 Å². The predicted octanol–water partition coefficient (Wildman–Crippen LogP) is 3.78. The first kappa shape index (κ1) is 17.5. The number of carbonyl (C=O) groups is 1. The van der Waals surface area contributed by atoms with Crippen molar-refractivity contribution in [3.63, 3.8) is 0 Å². The average Bonchev–Trinajstić information content (AvgIpc) is 3.07. The number of aromatic nitrogens is 1. The quantitative estimate of drug-likeness (QED) is 0.921. The molecule has 1 saturated heterocycles. The smallest absolute Gasteiger partial charge is 0.253 e. The molecule has 1 aliphatic rings. The van der Waals surface area contributed by atoms with E-state index in [4.69, 9.17) is 0 Å². The molecule has 0 aliphatic carbocycles. The van der Waals surface area contributed by atoms with Crippen molar-refractivity contribution in [1.82, 2.24) is 9.88 Å². The maximum atomic E-state index is 13.9. The lowest BCUT2D eigenvalue weighted by atomic mass is 10.0. The van der Waals surface area contributed by atoms with Crippen molar-refractivity contribution in [2.24, 2.45) is 0 Å². The van der Waals surface area contributed by atoms with Crippen LogP contribution in [0.1, 0.15) is 44.0 Å². The van der Waals surface area contributed by atoms with E-state index in [1.165, 1.54) is 6.07 Å². The molecular formula is C20H26FN3O. The summed E-state index contributed by atoms with van der Waals surface area (Å²) in [6, 6.07) is 8.84. The number of benzene rings is 1. The number of hydrogen-bond acceptors (Lipinski definition) is 2. The Morgan fingerprint density at radius 1 is 1.16 bits per heavy atom. The monoisotopic (exact) mass is 343 g/mol. The summed E-state index contributed by atoms with van der Waals surface area (Å²) in [4.78, 5) is 14.5. The number of amides is 1. The van der Waals surface area contributed by atoms with Crippen molar-refractivity contribution in [1.29, 1.82) is 0 Å². The van der Waals surface area contributed by atoms with Crippen molar-refractivity contribution >= 4 is 11.6 Å². The number of nitrogens with zero attached hydrogens (tertiary/aromatic N) is 2. The van der Waals surface area contributed by atoms with Crippen LogP contribution in [0.4, 0.5) is 10.1 Å². The van der Waals surface area contributed by atoms with E-state index in [2.05, 4.69) is 26.1 Å². The first-order valence-corrected chi connectivity index (χ1v) is 8.83. The molecule has 0 atom stereocenters. The lowest BCUT2D eigenvalue weighted by Gasteiger charge is -2.34. The van der Waals surface area contributed by atoms with Gasteiger partial charge in [-0.15, -0.1) is 0 Å². The summed E-state index contributed by atoms with van der Waals surface area (Å²) in [6.07, 6.45) is 5.47. The minimum Gasteiger partial charge on any atom is -0.369 e. The number of hydrogen-bond donors (Lipinski definition) is 1. The maximum Gasteiger partial charge on any atom is 0.253 e. The van der Waals surface area contributed by atoms with E-state index in [1.54, 1.807) is 6.07 Å². The van der Waals surface area contributed by atoms with Crippen LogP contribution in [-0.2, 0) is 5.54 Å². The minimum absolute atomic E-state index is 0.0349. The average molecular weight is 343 g/mol. The summed E-state index contributed by atoms with van der Waals surface area (Å²) in [5, 5.41) is 3.11. The Kier molecular flexibility index (Phi) is 4.84. The third-order valence-corrected chi connectivity index (χ3v) is 4.75. The SMILES string of the molecule is CC(C)(C)n1ccc(C(=O)NC2CCN(c3ccccc3F)CC2)c1. The first-order valence-electron chi connectivity index (χ1n) is 8.83. The molecular weight excluding hydrogens is 317 g/mol. The minimum atomic E-state index is -0.187. The van der Waals surface area contributed by atoms with Gasteiger partial charge in [0, 0.05) is 37.1 Å². The molecule has 1 fully saturated rings. The van der Waals surface area contributed by atoms with Crippen LogP contribution in [0.15, 0.2) is 42.7 Å². The van der Waals surface area contributed by atoms with Crippen LogP contribution < -0.4 is 10.2 Å². The molecule has 4 nitrogen and oxygen atoms in total. The lowest BCUT2D eigenvalue weighted by Crippen LogP contribution is -2.44. The summed E-state index contributed by atoms with van der Waals surface area (Å²) in [5.41, 5.74) is 1.30. The molecule has 2 aromatic rings. The van der Waals surface area contributed by atoms with Gasteiger partial charge in [0.1, 0.15) is 5.82 Å². The summed E-state index contributed by atoms with van der Waals surface area (Å²) in [6.45, 7) is 7.80. The molecule has 1 aromatic carbocycles. The molecule has 1 amide bonds. The Bertz CT molecular complexity index is 739. The maximum absolute atomic E-state index is 13.9. The van der Waals surface area contributed by atoms with Crippen LogP contribution >= 0.6 is 0 Å². The van der Waals surface area contributed by atoms with Gasteiger partial charge in [0.15, 0.2) is 0 Å². The summed E-state index contributed by atoms with van der Waals surface area (Å²) in [5.74, 6) is -0.221. The molecule has 0 spiro atoms. The lowest BCUT2D eigenvalue weighted by molar-refractivity contribution is 0.0931. The van der Waals surface area contributed by atoms with Gasteiger partial charge in [0.2, 0.25) is 0 Å². The topological polar surface area (TPSA) is 37.3 Å². The van der Waals surface area contributed by atoms with Gasteiger partial charge in [-0.25, -0.2) is 4.39 Å². The third-order valence-electron chi connectivity index (χ3n) is 4.75. The van der Waals surface area contributed by atoms with E-state index in [1.807, 2.05) is 40.1 Å². The van der Waals surface area contributed by atoms with Crippen LogP contribution in [-0.4, -0.2) is 29.6 Å². The second-order valence-corrected chi connectivity index (χ2v) is 7.66. The molecule has 1 aliphatic heterocycles. The Labute approximate surface area is 148 Å². The molecule has 0 unspecified atom stereocenters. The third kappa shape index (κ3) is 4.03. The van der Waals surface area contributed by atoms with E-state index in [0.717, 1.165) is 25.9 Å². The van der Waals surface area contributed by atoms with Gasteiger partial charge >= 0.3 is 0 Å². The van der Waals surface area contributed by atoms with Crippen LogP contribution in [0.3, 0.4) is 0 Å². The fraction of sp³-hybridized carbons (Fsp3) is 0.450. The molecule has 0 saturated carbocycles. The zero-order chi connectivity index (χ0) is 18.0. The number of nitrogens with one attached hydrogen (secondary N) is 1. The highest BCUT2D eigenvalue weighted by atomic mass is 19.1. The van der Waals surface area contributed by atoms with Gasteiger partial charge in [0.25, 0.3) is 5.91 Å². The number of rotatable bonds is 3. The van der Waals surface area contributed by atoms with Gasteiger partial charge in [-0.3, -0.25) is 4.79 Å². The summed E-state index contributed by atoms with van der Waals surface area (Å²) in [7, 11) is 0. The van der Waals surface area contributed by atoms with Crippen molar-refractivity contribution in [3.05, 3.63) is 54.1 Å². The normalized spacial score (nSPS) is 16.1. The zero-order valence-corrected chi connectivity index (χ0v) is 15.1. The Morgan fingerprint density at radius 3 is 2.44 bits per heavy atom. The molecule has 1 aromatic heterocycles. The van der Waals surface area contributed by atoms with Crippen molar-refractivity contribution in [2.45, 2.75) is 45.2 Å². The second kappa shape index (κ2) is 6.90. The molecule has 0 radical (unpaired) electrons. The Hall–Kier alpha value is -2.30. The number of para-hydroxylation sites is 1. The van der Waals surface area contributed by atoms with Gasteiger partial charge in [-0.05, 0) is 51.8 Å². The van der Waals surface area contributed by atoms with E-state index < -0.39 is 0 Å². The number of piperidine rings is 1. The number of halogens is 1. The molecule has 134 valence electrons. The van der Waals surface area contributed by atoms with Crippen molar-refractivity contribution < 1.29 is 9.18 Å². The highest BCUT2D eigenvalue weighted by Gasteiger charge is 2.23. The standard InChI is InChI=1S/C20H26FN3O/c1-20(2,3)24-13-8-15(14-24)19(25)22-16-9-11-23(12-10-16)18-7-5-4-6-17(18)21/h4-8,13-14,16H,9-12H2,1-3H3,(H,22,25). The predicted molar refractivity (Wildman–Crippen MR) is 98.5 cm³/mol. The van der Waals surface area contributed by atoms with Gasteiger partial charge in [-0.1, -0.05) is 12.1 Å². The highest BCUT2D eigenvalue weighted by molar-refractivity contribution is 5.94. The zero-order valence-electron chi connectivity index (χ0n) is 15.1. The van der Waals surface area contributed by atoms with E-state index in [0.29, 0.717) is 11.3 Å². The van der Waals surface area contributed by atoms with Crippen molar-refractivity contribution in [2.75, 3.05) is 18.0 Å². The first-order chi connectivity index (χ1) is 11.8. The Balaban J connectivity index is 1.56. The Morgan fingerprint density at radius 2 is 1.84 bits per heavy atom. The molecule has 5 heteroatoms. The molecule has 25 heavy (non-hydrogen) atoms. The van der Waals surface area contributed by atoms with Crippen LogP contribution in [0.5, 0.6) is 0 Å². The van der Waals surface area contributed by atoms with Crippen molar-refractivity contribution in [3.8, 4) is 0 Å². The number of anilines is 1. The van der Waals surface area contributed by atoms with Crippen LogP contribution in [0.2, 0.25) is 0 Å². The number of carbonyl (C=O) groups excluding carboxylic acids is 1. The highest BCUT2D eigenvalue weighted by Crippen LogP contribution is 2.23. The van der Waals surface area contributed by atoms with Crippen LogP contribution in [0, 0.1) is 5.82 Å². The molecule has 2 heterocycles. The van der Waals surface area contributed by atoms with Crippen LogP contribution in [0.25, 0.3) is 0 Å². The van der Waals surface area contributed by atoms with E-state index in [-0.39, 0.29) is 23.3 Å². The molecule has 0 bridgehead atoms. The van der Waals surface area contributed by atoms with E-state index in [9.17, 15) is 9.18 Å². The fourth-order valence-corrected chi connectivity index (χ4v) is 3.19. The fourth-order valence-electron chi connectivity index (χ4n) is 3.19. The summed E-state index contributed by atoms with van der Waals surface area (Å²) < 4.78 is 15.9. The van der Waals surface area contributed by atoms with Gasteiger partial charge in [0.05, 0.1) is 11.3 Å².